The molecule has 0 aromatic heterocycles. The van der Waals surface area contributed by atoms with Gasteiger partial charge in [0.2, 0.25) is 0 Å². The number of fused-ring (bicyclic) bond motifs is 1. The highest BCUT2D eigenvalue weighted by Crippen LogP contribution is 2.36. The molecule has 3 atom stereocenters. The Bertz CT molecular complexity index is 861. The van der Waals surface area contributed by atoms with Gasteiger partial charge in [0.15, 0.2) is 0 Å². The van der Waals surface area contributed by atoms with E-state index in [-0.39, 0.29) is 5.97 Å². The lowest BCUT2D eigenvalue weighted by atomic mass is 9.95. The topological polar surface area (TPSA) is 47.6 Å². The minimum atomic E-state index is -0.115. The minimum absolute atomic E-state index is 0.115. The first-order valence-corrected chi connectivity index (χ1v) is 11.4. The molecule has 2 aromatic rings. The Morgan fingerprint density at radius 2 is 2.03 bits per heavy atom. The standard InChI is InChI=1S/C26H33NO3/c1-3-29-26(28)13-6-19-4-7-20(8-5-19)22-9-11-24(17-22)27-18(2)21-10-12-25-23(16-21)14-15-30-25/h4-5,7-8,10,12,16,18,22,24,27H,3,6,9,11,13-15,17H2,1-2H3. The maximum Gasteiger partial charge on any atom is 0.306 e. The number of hydrogen-bond donors (Lipinski definition) is 1. The van der Waals surface area contributed by atoms with Crippen molar-refractivity contribution in [3.8, 4) is 5.75 Å². The summed E-state index contributed by atoms with van der Waals surface area (Å²) in [5.41, 5.74) is 5.32. The number of carbonyl (C=O) groups excluding carboxylic acids is 1. The van der Waals surface area contributed by atoms with E-state index in [1.807, 2.05) is 6.92 Å². The Morgan fingerprint density at radius 3 is 2.83 bits per heavy atom. The first kappa shape index (κ1) is 20.9. The lowest BCUT2D eigenvalue weighted by Gasteiger charge is -2.21. The van der Waals surface area contributed by atoms with E-state index in [1.165, 1.54) is 41.5 Å². The van der Waals surface area contributed by atoms with E-state index in [2.05, 4.69) is 54.7 Å². The third-order valence-electron chi connectivity index (χ3n) is 6.51. The molecule has 2 aromatic carbocycles. The van der Waals surface area contributed by atoms with Gasteiger partial charge in [-0.3, -0.25) is 4.79 Å². The van der Waals surface area contributed by atoms with Crippen molar-refractivity contribution < 1.29 is 14.3 Å². The Morgan fingerprint density at radius 1 is 1.20 bits per heavy atom. The second kappa shape index (κ2) is 9.65. The molecule has 1 saturated carbocycles. The molecule has 30 heavy (non-hydrogen) atoms. The zero-order chi connectivity index (χ0) is 20.9. The molecule has 1 heterocycles. The minimum Gasteiger partial charge on any atom is -0.493 e. The van der Waals surface area contributed by atoms with Gasteiger partial charge in [-0.2, -0.15) is 0 Å². The highest BCUT2D eigenvalue weighted by atomic mass is 16.5. The van der Waals surface area contributed by atoms with Gasteiger partial charge in [-0.05, 0) is 73.8 Å². The van der Waals surface area contributed by atoms with E-state index < -0.39 is 0 Å². The Hall–Kier alpha value is -2.33. The predicted octanol–water partition coefficient (Wildman–Crippen LogP) is 5.10. The van der Waals surface area contributed by atoms with Crippen LogP contribution in [0.15, 0.2) is 42.5 Å². The summed E-state index contributed by atoms with van der Waals surface area (Å²) in [6.07, 6.45) is 5.85. The number of hydrogen-bond acceptors (Lipinski definition) is 4. The van der Waals surface area contributed by atoms with Crippen LogP contribution in [0.5, 0.6) is 5.75 Å². The van der Waals surface area contributed by atoms with Crippen LogP contribution in [0.3, 0.4) is 0 Å². The Labute approximate surface area is 180 Å². The van der Waals surface area contributed by atoms with Gasteiger partial charge in [0.1, 0.15) is 5.75 Å². The van der Waals surface area contributed by atoms with Crippen molar-refractivity contribution in [1.29, 1.82) is 0 Å². The van der Waals surface area contributed by atoms with Crippen LogP contribution in [0, 0.1) is 0 Å². The van der Waals surface area contributed by atoms with Crippen molar-refractivity contribution in [2.75, 3.05) is 13.2 Å². The van der Waals surface area contributed by atoms with Gasteiger partial charge in [-0.15, -0.1) is 0 Å². The largest absolute Gasteiger partial charge is 0.493 e. The fraction of sp³-hybridized carbons (Fsp3) is 0.500. The summed E-state index contributed by atoms with van der Waals surface area (Å²) in [4.78, 5) is 11.5. The van der Waals surface area contributed by atoms with Gasteiger partial charge >= 0.3 is 5.97 Å². The van der Waals surface area contributed by atoms with Crippen LogP contribution in [0.1, 0.15) is 73.7 Å². The molecule has 0 spiro atoms. The molecule has 1 aliphatic carbocycles. The molecule has 1 fully saturated rings. The quantitative estimate of drug-likeness (QED) is 0.618. The molecular weight excluding hydrogens is 374 g/mol. The number of nitrogens with one attached hydrogen (secondary N) is 1. The normalized spacial score (nSPS) is 21.1. The van der Waals surface area contributed by atoms with Crippen molar-refractivity contribution >= 4 is 5.97 Å². The smallest absolute Gasteiger partial charge is 0.306 e. The zero-order valence-corrected chi connectivity index (χ0v) is 18.2. The molecule has 4 nitrogen and oxygen atoms in total. The molecular formula is C26H33NO3. The highest BCUT2D eigenvalue weighted by molar-refractivity contribution is 5.69. The summed E-state index contributed by atoms with van der Waals surface area (Å²) in [5, 5.41) is 3.85. The van der Waals surface area contributed by atoms with Gasteiger partial charge < -0.3 is 14.8 Å². The van der Waals surface area contributed by atoms with Crippen molar-refractivity contribution in [2.24, 2.45) is 0 Å². The maximum atomic E-state index is 11.5. The molecule has 0 radical (unpaired) electrons. The van der Waals surface area contributed by atoms with E-state index in [0.29, 0.717) is 31.0 Å². The number of carbonyl (C=O) groups is 1. The Balaban J connectivity index is 1.28. The van der Waals surface area contributed by atoms with Crippen LogP contribution in [-0.4, -0.2) is 25.2 Å². The zero-order valence-electron chi connectivity index (χ0n) is 18.2. The molecule has 0 saturated heterocycles. The fourth-order valence-electron chi connectivity index (χ4n) is 4.80. The molecule has 160 valence electrons. The number of aryl methyl sites for hydroxylation is 1. The summed E-state index contributed by atoms with van der Waals surface area (Å²) in [7, 11) is 0. The van der Waals surface area contributed by atoms with Crippen molar-refractivity contribution in [1.82, 2.24) is 5.32 Å². The number of ether oxygens (including phenoxy) is 2. The van der Waals surface area contributed by atoms with Gasteiger partial charge in [0.25, 0.3) is 0 Å². The van der Waals surface area contributed by atoms with Crippen LogP contribution in [0.2, 0.25) is 0 Å². The molecule has 1 aliphatic heterocycles. The maximum absolute atomic E-state index is 11.5. The number of benzene rings is 2. The van der Waals surface area contributed by atoms with Crippen molar-refractivity contribution in [3.05, 3.63) is 64.7 Å². The van der Waals surface area contributed by atoms with E-state index in [4.69, 9.17) is 9.47 Å². The van der Waals surface area contributed by atoms with Crippen LogP contribution in [-0.2, 0) is 22.4 Å². The summed E-state index contributed by atoms with van der Waals surface area (Å²) in [5.74, 6) is 1.55. The van der Waals surface area contributed by atoms with Gasteiger partial charge in [-0.25, -0.2) is 0 Å². The molecule has 0 bridgehead atoms. The second-order valence-corrected chi connectivity index (χ2v) is 8.61. The molecule has 0 amide bonds. The van der Waals surface area contributed by atoms with Crippen molar-refractivity contribution in [3.63, 3.8) is 0 Å². The predicted molar refractivity (Wildman–Crippen MR) is 119 cm³/mol. The summed E-state index contributed by atoms with van der Waals surface area (Å²) < 4.78 is 10.6. The summed E-state index contributed by atoms with van der Waals surface area (Å²) in [6, 6.07) is 16.4. The van der Waals surface area contributed by atoms with Gasteiger partial charge in [0, 0.05) is 24.9 Å². The lowest BCUT2D eigenvalue weighted by molar-refractivity contribution is -0.143. The third-order valence-corrected chi connectivity index (χ3v) is 6.51. The van der Waals surface area contributed by atoms with Crippen molar-refractivity contribution in [2.45, 2.75) is 70.4 Å². The first-order chi connectivity index (χ1) is 14.6. The average Bonchev–Trinajstić information content (AvgIpc) is 3.41. The van der Waals surface area contributed by atoms with E-state index in [1.54, 1.807) is 0 Å². The van der Waals surface area contributed by atoms with E-state index >= 15 is 0 Å². The average molecular weight is 408 g/mol. The van der Waals surface area contributed by atoms with Crippen LogP contribution in [0.4, 0.5) is 0 Å². The second-order valence-electron chi connectivity index (χ2n) is 8.61. The summed E-state index contributed by atoms with van der Waals surface area (Å²) in [6.45, 7) is 5.38. The number of esters is 1. The van der Waals surface area contributed by atoms with Crippen LogP contribution in [0.25, 0.3) is 0 Å². The van der Waals surface area contributed by atoms with Gasteiger partial charge in [0.05, 0.1) is 13.2 Å². The lowest BCUT2D eigenvalue weighted by Crippen LogP contribution is -2.29. The van der Waals surface area contributed by atoms with Crippen LogP contribution >= 0.6 is 0 Å². The summed E-state index contributed by atoms with van der Waals surface area (Å²) >= 11 is 0. The molecule has 4 heteroatoms. The van der Waals surface area contributed by atoms with Crippen LogP contribution < -0.4 is 10.1 Å². The van der Waals surface area contributed by atoms with E-state index in [9.17, 15) is 4.79 Å². The SMILES string of the molecule is CCOC(=O)CCc1ccc(C2CCC(NC(C)c3ccc4c(c3)CCO4)C2)cc1. The molecule has 1 N–H and O–H groups in total. The monoisotopic (exact) mass is 407 g/mol. The number of rotatable bonds is 8. The first-order valence-electron chi connectivity index (χ1n) is 11.4. The molecule has 3 unspecified atom stereocenters. The molecule has 4 rings (SSSR count). The highest BCUT2D eigenvalue weighted by Gasteiger charge is 2.27. The fourth-order valence-corrected chi connectivity index (χ4v) is 4.80. The third kappa shape index (κ3) is 5.04. The molecule has 2 aliphatic rings. The van der Waals surface area contributed by atoms with Gasteiger partial charge in [-0.1, -0.05) is 36.4 Å². The Kier molecular flexibility index (Phi) is 6.73. The van der Waals surface area contributed by atoms with E-state index in [0.717, 1.165) is 25.2 Å².